The summed E-state index contributed by atoms with van der Waals surface area (Å²) in [6.45, 7) is 3.28. The monoisotopic (exact) mass is 478 g/mol. The van der Waals surface area contributed by atoms with Crippen molar-refractivity contribution in [3.63, 3.8) is 0 Å². The van der Waals surface area contributed by atoms with Crippen molar-refractivity contribution in [2.24, 2.45) is 0 Å². The van der Waals surface area contributed by atoms with Gasteiger partial charge < -0.3 is 23.1 Å². The van der Waals surface area contributed by atoms with E-state index in [1.165, 1.54) is 6.42 Å². The molecule has 0 radical (unpaired) electrons. The molecule has 2 atom stereocenters. The van der Waals surface area contributed by atoms with Crippen LogP contribution in [0.4, 0.5) is 8.28 Å². The summed E-state index contributed by atoms with van der Waals surface area (Å²) in [6.07, 6.45) is 8.72. The standard InChI is InChI=1S/C22H32F2O7S/c1-15(27-17-9-5-3-6-10-17)29-20-14-21(22(13-19(20)23)31-32(24,25)26)30-16(2)28-18-11-7-4-8-12-18/h13-18H,3-12H2,1-2H3. The van der Waals surface area contributed by atoms with E-state index in [9.17, 15) is 16.7 Å². The van der Waals surface area contributed by atoms with Gasteiger partial charge in [-0.3, -0.25) is 0 Å². The maximum atomic E-state index is 14.6. The summed E-state index contributed by atoms with van der Waals surface area (Å²) in [5, 5.41) is 0. The molecule has 2 aliphatic rings. The van der Waals surface area contributed by atoms with Crippen molar-refractivity contribution in [1.29, 1.82) is 0 Å². The molecule has 2 aliphatic carbocycles. The first-order valence-electron chi connectivity index (χ1n) is 11.3. The van der Waals surface area contributed by atoms with Gasteiger partial charge >= 0.3 is 10.5 Å². The molecular formula is C22H32F2O7S. The molecule has 0 amide bonds. The molecule has 2 unspecified atom stereocenters. The minimum absolute atomic E-state index is 0.00751. The highest BCUT2D eigenvalue weighted by molar-refractivity contribution is 7.81. The van der Waals surface area contributed by atoms with Gasteiger partial charge in [0.15, 0.2) is 35.6 Å². The zero-order chi connectivity index (χ0) is 23.1. The van der Waals surface area contributed by atoms with Gasteiger partial charge in [-0.05, 0) is 39.5 Å². The van der Waals surface area contributed by atoms with Gasteiger partial charge in [-0.1, -0.05) is 42.4 Å². The highest BCUT2D eigenvalue weighted by Gasteiger charge is 2.24. The predicted octanol–water partition coefficient (Wildman–Crippen LogP) is 5.57. The number of hydrogen-bond acceptors (Lipinski definition) is 7. The molecule has 0 N–H and O–H groups in total. The summed E-state index contributed by atoms with van der Waals surface area (Å²) in [4.78, 5) is 0. The number of hydrogen-bond donors (Lipinski definition) is 0. The normalized spacial score (nSPS) is 20.5. The fraction of sp³-hybridized carbons (Fsp3) is 0.727. The van der Waals surface area contributed by atoms with E-state index < -0.39 is 34.7 Å². The molecule has 0 bridgehead atoms. The summed E-state index contributed by atoms with van der Waals surface area (Å²) in [6, 6.07) is 1.83. The van der Waals surface area contributed by atoms with Gasteiger partial charge in [0.25, 0.3) is 0 Å². The molecule has 0 aromatic heterocycles. The van der Waals surface area contributed by atoms with Crippen LogP contribution in [0.25, 0.3) is 0 Å². The Bertz CT molecular complexity index is 837. The van der Waals surface area contributed by atoms with E-state index in [4.69, 9.17) is 18.9 Å². The van der Waals surface area contributed by atoms with Crippen LogP contribution in [0.2, 0.25) is 0 Å². The molecule has 0 aliphatic heterocycles. The molecule has 0 heterocycles. The third-order valence-electron chi connectivity index (χ3n) is 5.65. The first-order chi connectivity index (χ1) is 15.2. The van der Waals surface area contributed by atoms with Crippen LogP contribution in [0.15, 0.2) is 12.1 Å². The Morgan fingerprint density at radius 3 is 1.72 bits per heavy atom. The van der Waals surface area contributed by atoms with Crippen molar-refractivity contribution in [2.45, 2.75) is 103 Å². The van der Waals surface area contributed by atoms with Crippen molar-refractivity contribution >= 4 is 10.5 Å². The topological polar surface area (TPSA) is 80.3 Å². The smallest absolute Gasteiger partial charge is 0.462 e. The van der Waals surface area contributed by atoms with Gasteiger partial charge in [0.05, 0.1) is 12.2 Å². The fourth-order valence-electron chi connectivity index (χ4n) is 4.23. The first-order valence-corrected chi connectivity index (χ1v) is 12.6. The molecule has 10 heteroatoms. The van der Waals surface area contributed by atoms with Gasteiger partial charge in [0, 0.05) is 12.1 Å². The Morgan fingerprint density at radius 2 is 1.25 bits per heavy atom. The Hall–Kier alpha value is -1.65. The van der Waals surface area contributed by atoms with Crippen LogP contribution in [0.5, 0.6) is 17.2 Å². The van der Waals surface area contributed by atoms with Crippen molar-refractivity contribution in [1.82, 2.24) is 0 Å². The first kappa shape index (κ1) is 25.0. The number of rotatable bonds is 10. The molecule has 2 saturated carbocycles. The van der Waals surface area contributed by atoms with E-state index in [-0.39, 0.29) is 23.7 Å². The van der Waals surface area contributed by atoms with Gasteiger partial charge in [-0.2, -0.15) is 8.42 Å². The maximum absolute atomic E-state index is 14.6. The lowest BCUT2D eigenvalue weighted by atomic mass is 9.98. The van der Waals surface area contributed by atoms with Crippen LogP contribution >= 0.6 is 0 Å². The zero-order valence-corrected chi connectivity index (χ0v) is 19.4. The molecule has 3 rings (SSSR count). The Kier molecular flexibility index (Phi) is 8.95. The lowest BCUT2D eigenvalue weighted by Gasteiger charge is -2.27. The SMILES string of the molecule is CC(Oc1cc(OC(C)OC2CCCCC2)c(OS(=O)(=O)F)cc1F)OC1CCCCC1. The highest BCUT2D eigenvalue weighted by atomic mass is 32.3. The van der Waals surface area contributed by atoms with Crippen LogP contribution in [0.3, 0.4) is 0 Å². The summed E-state index contributed by atoms with van der Waals surface area (Å²) in [5.74, 6) is -2.00. The van der Waals surface area contributed by atoms with E-state index in [1.54, 1.807) is 13.8 Å². The molecule has 0 saturated heterocycles. The highest BCUT2D eigenvalue weighted by Crippen LogP contribution is 2.37. The van der Waals surface area contributed by atoms with Crippen LogP contribution in [-0.2, 0) is 20.0 Å². The van der Waals surface area contributed by atoms with Gasteiger partial charge in [-0.15, -0.1) is 0 Å². The average molecular weight is 479 g/mol. The quantitative estimate of drug-likeness (QED) is 0.321. The van der Waals surface area contributed by atoms with E-state index in [0.717, 1.165) is 63.9 Å². The summed E-state index contributed by atoms with van der Waals surface area (Å²) in [5.41, 5.74) is 0. The third kappa shape index (κ3) is 8.04. The minimum atomic E-state index is -5.39. The van der Waals surface area contributed by atoms with Gasteiger partial charge in [0.1, 0.15) is 0 Å². The lowest BCUT2D eigenvalue weighted by Crippen LogP contribution is -2.27. The second-order valence-electron chi connectivity index (χ2n) is 8.37. The number of ether oxygens (including phenoxy) is 4. The van der Waals surface area contributed by atoms with E-state index in [2.05, 4.69) is 4.18 Å². The minimum Gasteiger partial charge on any atom is -0.462 e. The van der Waals surface area contributed by atoms with Crippen molar-refractivity contribution in [3.05, 3.63) is 17.9 Å². The molecule has 182 valence electrons. The molecule has 32 heavy (non-hydrogen) atoms. The van der Waals surface area contributed by atoms with Crippen molar-refractivity contribution < 1.29 is 39.8 Å². The molecule has 7 nitrogen and oxygen atoms in total. The Labute approximate surface area is 188 Å². The summed E-state index contributed by atoms with van der Waals surface area (Å²) >= 11 is 0. The number of benzene rings is 1. The summed E-state index contributed by atoms with van der Waals surface area (Å²) < 4.78 is 77.0. The van der Waals surface area contributed by atoms with Gasteiger partial charge in [-0.25, -0.2) is 4.39 Å². The average Bonchev–Trinajstić information content (AvgIpc) is 2.71. The zero-order valence-electron chi connectivity index (χ0n) is 18.6. The van der Waals surface area contributed by atoms with E-state index in [1.807, 2.05) is 0 Å². The van der Waals surface area contributed by atoms with E-state index >= 15 is 0 Å². The van der Waals surface area contributed by atoms with Crippen LogP contribution in [0.1, 0.15) is 78.1 Å². The van der Waals surface area contributed by atoms with E-state index in [0.29, 0.717) is 6.07 Å². The van der Waals surface area contributed by atoms with Gasteiger partial charge in [0.2, 0.25) is 0 Å². The second-order valence-corrected chi connectivity index (χ2v) is 9.32. The molecule has 1 aromatic carbocycles. The maximum Gasteiger partial charge on any atom is 0.488 e. The van der Waals surface area contributed by atoms with Crippen LogP contribution in [-0.4, -0.2) is 33.2 Å². The fourth-order valence-corrected chi connectivity index (χ4v) is 4.57. The van der Waals surface area contributed by atoms with Crippen molar-refractivity contribution in [2.75, 3.05) is 0 Å². The molecule has 1 aromatic rings. The molecular weight excluding hydrogens is 446 g/mol. The molecule has 0 spiro atoms. The third-order valence-corrected chi connectivity index (χ3v) is 6.02. The van der Waals surface area contributed by atoms with Crippen LogP contribution in [0, 0.1) is 5.82 Å². The largest absolute Gasteiger partial charge is 0.488 e. The lowest BCUT2D eigenvalue weighted by molar-refractivity contribution is -0.120. The Morgan fingerprint density at radius 1 is 0.781 bits per heavy atom. The number of halogens is 2. The Balaban J connectivity index is 1.72. The predicted molar refractivity (Wildman–Crippen MR) is 113 cm³/mol. The summed E-state index contributed by atoms with van der Waals surface area (Å²) in [7, 11) is -5.39. The molecule has 2 fully saturated rings. The van der Waals surface area contributed by atoms with Crippen molar-refractivity contribution in [3.8, 4) is 17.2 Å². The second kappa shape index (κ2) is 11.5. The van der Waals surface area contributed by atoms with Crippen LogP contribution < -0.4 is 13.7 Å².